The van der Waals surface area contributed by atoms with E-state index in [4.69, 9.17) is 16.6 Å². The third-order valence-electron chi connectivity index (χ3n) is 6.35. The average Bonchev–Trinajstić information content (AvgIpc) is 3.12. The van der Waals surface area contributed by atoms with E-state index in [0.29, 0.717) is 12.5 Å². The summed E-state index contributed by atoms with van der Waals surface area (Å²) in [6, 6.07) is 6.61. The molecule has 0 bridgehead atoms. The molecule has 3 aromatic rings. The number of alkyl halides is 1. The lowest BCUT2D eigenvalue weighted by molar-refractivity contribution is 0.353. The fraction of sp³-hybridized carbons (Fsp3) is 0.455. The van der Waals surface area contributed by atoms with Gasteiger partial charge < -0.3 is 5.32 Å². The third-order valence-corrected chi connectivity index (χ3v) is 6.95. The van der Waals surface area contributed by atoms with Gasteiger partial charge in [0, 0.05) is 18.7 Å². The molecule has 7 heteroatoms. The maximum absolute atomic E-state index is 7.20. The van der Waals surface area contributed by atoms with Gasteiger partial charge in [-0.05, 0) is 56.7 Å². The van der Waals surface area contributed by atoms with Crippen molar-refractivity contribution in [1.29, 1.82) is 0 Å². The summed E-state index contributed by atoms with van der Waals surface area (Å²) in [6.07, 6.45) is 7.59. The summed E-state index contributed by atoms with van der Waals surface area (Å²) in [7, 11) is 0. The van der Waals surface area contributed by atoms with Crippen molar-refractivity contribution in [3.8, 4) is 5.69 Å². The molecule has 0 amide bonds. The number of nitrogens with zero attached hydrogens (tertiary/aromatic N) is 5. The number of fused-ring (bicyclic) bond motifs is 3. The first-order valence-electron chi connectivity index (χ1n) is 10.3. The number of nitrogens with one attached hydrogen (secondary N) is 1. The van der Waals surface area contributed by atoms with E-state index < -0.39 is 0 Å². The van der Waals surface area contributed by atoms with Gasteiger partial charge >= 0.3 is 0 Å². The molecule has 6 nitrogen and oxygen atoms in total. The second kappa shape index (κ2) is 7.18. The van der Waals surface area contributed by atoms with Crippen LogP contribution < -0.4 is 5.32 Å². The Morgan fingerprint density at radius 3 is 2.83 bits per heavy atom. The Morgan fingerprint density at radius 2 is 2.00 bits per heavy atom. The van der Waals surface area contributed by atoms with Crippen LogP contribution in [0.5, 0.6) is 0 Å². The number of hydrogen-bond donors (Lipinski definition) is 1. The molecule has 29 heavy (non-hydrogen) atoms. The van der Waals surface area contributed by atoms with E-state index in [0.717, 1.165) is 60.8 Å². The Bertz CT molecular complexity index is 1050. The molecule has 0 radical (unpaired) electrons. The predicted molar refractivity (Wildman–Crippen MR) is 112 cm³/mol. The van der Waals surface area contributed by atoms with Gasteiger partial charge in [0.05, 0.1) is 34.2 Å². The van der Waals surface area contributed by atoms with Crippen LogP contribution in [0.3, 0.4) is 0 Å². The molecule has 1 aliphatic carbocycles. The summed E-state index contributed by atoms with van der Waals surface area (Å²) < 4.78 is 2.07. The molecule has 150 valence electrons. The van der Waals surface area contributed by atoms with Crippen LogP contribution in [0.4, 0.5) is 0 Å². The average molecular weight is 409 g/mol. The summed E-state index contributed by atoms with van der Waals surface area (Å²) >= 11 is 7.20. The van der Waals surface area contributed by atoms with Crippen molar-refractivity contribution >= 4 is 11.6 Å². The summed E-state index contributed by atoms with van der Waals surface area (Å²) in [5, 5.41) is 11.7. The highest BCUT2D eigenvalue weighted by atomic mass is 35.5. The molecule has 2 aliphatic rings. The molecule has 1 aromatic carbocycles. The van der Waals surface area contributed by atoms with Gasteiger partial charge in [-0.15, -0.1) is 21.8 Å². The molecule has 1 aliphatic heterocycles. The molecular formula is C22H25ClN6. The van der Waals surface area contributed by atoms with E-state index >= 15 is 0 Å². The largest absolute Gasteiger partial charge is 0.306 e. The Morgan fingerprint density at radius 1 is 1.17 bits per heavy atom. The van der Waals surface area contributed by atoms with E-state index in [1.165, 1.54) is 11.1 Å². The first kappa shape index (κ1) is 18.7. The van der Waals surface area contributed by atoms with Crippen molar-refractivity contribution in [3.05, 3.63) is 64.8 Å². The highest BCUT2D eigenvalue weighted by Gasteiger charge is 2.37. The molecule has 1 saturated carbocycles. The van der Waals surface area contributed by atoms with E-state index in [-0.39, 0.29) is 4.87 Å². The molecule has 0 unspecified atom stereocenters. The van der Waals surface area contributed by atoms with E-state index in [9.17, 15) is 0 Å². The molecule has 2 aromatic heterocycles. The van der Waals surface area contributed by atoms with Crippen molar-refractivity contribution in [3.63, 3.8) is 0 Å². The first-order valence-corrected chi connectivity index (χ1v) is 10.6. The number of aromatic nitrogens is 5. The smallest absolute Gasteiger partial charge is 0.151 e. The summed E-state index contributed by atoms with van der Waals surface area (Å²) in [5.74, 6) is 1.38. The molecule has 0 atom stereocenters. The van der Waals surface area contributed by atoms with Crippen molar-refractivity contribution in [2.45, 2.75) is 63.4 Å². The Balaban J connectivity index is 1.40. The lowest BCUT2D eigenvalue weighted by Crippen LogP contribution is -2.27. The fourth-order valence-corrected chi connectivity index (χ4v) is 5.05. The van der Waals surface area contributed by atoms with E-state index in [1.54, 1.807) is 6.33 Å². The highest BCUT2D eigenvalue weighted by Crippen LogP contribution is 2.48. The van der Waals surface area contributed by atoms with Gasteiger partial charge in [0.25, 0.3) is 0 Å². The van der Waals surface area contributed by atoms with Crippen LogP contribution in [-0.4, -0.2) is 24.7 Å². The summed E-state index contributed by atoms with van der Waals surface area (Å²) in [6.45, 7) is 5.59. The van der Waals surface area contributed by atoms with Gasteiger partial charge in [0.2, 0.25) is 0 Å². The topological polar surface area (TPSA) is 68.5 Å². The zero-order valence-electron chi connectivity index (χ0n) is 16.8. The minimum atomic E-state index is -0.320. The van der Waals surface area contributed by atoms with Crippen LogP contribution in [0.1, 0.15) is 65.6 Å². The fourth-order valence-electron chi connectivity index (χ4n) is 4.71. The molecule has 1 fully saturated rings. The summed E-state index contributed by atoms with van der Waals surface area (Å²) in [4.78, 5) is 8.96. The summed E-state index contributed by atoms with van der Waals surface area (Å²) in [5.41, 5.74) is 6.77. The van der Waals surface area contributed by atoms with Crippen LogP contribution in [0, 0.1) is 13.8 Å². The van der Waals surface area contributed by atoms with Crippen molar-refractivity contribution in [2.24, 2.45) is 0 Å². The third kappa shape index (κ3) is 3.34. The molecule has 0 saturated heterocycles. The van der Waals surface area contributed by atoms with E-state index in [2.05, 4.69) is 50.2 Å². The minimum absolute atomic E-state index is 0.320. The number of benzene rings is 1. The highest BCUT2D eigenvalue weighted by molar-refractivity contribution is 6.24. The number of hydrogen-bond acceptors (Lipinski definition) is 5. The molecular weight excluding hydrogens is 384 g/mol. The van der Waals surface area contributed by atoms with Gasteiger partial charge in [-0.3, -0.25) is 14.5 Å². The Hall–Kier alpha value is -2.31. The Kier molecular flexibility index (Phi) is 4.63. The molecule has 5 rings (SSSR count). The van der Waals surface area contributed by atoms with Crippen molar-refractivity contribution in [2.75, 3.05) is 0 Å². The first-order chi connectivity index (χ1) is 14.0. The van der Waals surface area contributed by atoms with Gasteiger partial charge in [0.1, 0.15) is 6.33 Å². The van der Waals surface area contributed by atoms with Crippen LogP contribution in [-0.2, 0) is 18.0 Å². The van der Waals surface area contributed by atoms with Crippen LogP contribution in [0.2, 0.25) is 0 Å². The molecule has 3 heterocycles. The maximum Gasteiger partial charge on any atom is 0.151 e. The van der Waals surface area contributed by atoms with Crippen molar-refractivity contribution in [1.82, 2.24) is 30.0 Å². The van der Waals surface area contributed by atoms with Crippen LogP contribution in [0.15, 0.2) is 30.7 Å². The normalized spacial score (nSPS) is 23.9. The second-order valence-corrected chi connectivity index (χ2v) is 9.01. The van der Waals surface area contributed by atoms with Gasteiger partial charge in [-0.1, -0.05) is 12.1 Å². The van der Waals surface area contributed by atoms with Crippen LogP contribution in [0.25, 0.3) is 5.69 Å². The number of halogens is 1. The monoisotopic (exact) mass is 408 g/mol. The molecule has 0 spiro atoms. The minimum Gasteiger partial charge on any atom is -0.306 e. The number of rotatable bonds is 2. The lowest BCUT2D eigenvalue weighted by Gasteiger charge is -2.36. The number of aryl methyl sites for hydroxylation is 2. The maximum atomic E-state index is 7.20. The van der Waals surface area contributed by atoms with E-state index in [1.807, 2.05) is 13.1 Å². The predicted octanol–water partition coefficient (Wildman–Crippen LogP) is 4.07. The van der Waals surface area contributed by atoms with Gasteiger partial charge in [-0.25, -0.2) is 0 Å². The van der Waals surface area contributed by atoms with Gasteiger partial charge in [-0.2, -0.15) is 0 Å². The molecule has 1 N–H and O–H groups in total. The quantitative estimate of drug-likeness (QED) is 0.647. The zero-order valence-corrected chi connectivity index (χ0v) is 17.6. The Labute approximate surface area is 175 Å². The lowest BCUT2D eigenvalue weighted by atomic mass is 9.76. The zero-order chi connectivity index (χ0) is 20.0. The standard InChI is InChI=1S/C22H25ClN6/c1-14-10-25-15(2)21(27-14)16-5-7-22(23,8-6-16)18-3-4-19-17(9-18)11-24-12-20-28-26-13-29(19)20/h3-4,9-10,13,16,24H,5-8,11-12H2,1-2H3. The van der Waals surface area contributed by atoms with Crippen molar-refractivity contribution < 1.29 is 0 Å². The van der Waals surface area contributed by atoms with Gasteiger partial charge in [0.15, 0.2) is 5.82 Å². The second-order valence-electron chi connectivity index (χ2n) is 8.29. The van der Waals surface area contributed by atoms with Crippen LogP contribution >= 0.6 is 11.6 Å². The SMILES string of the molecule is Cc1cnc(C)c(C2CCC(Cl)(c3ccc4c(c3)CNCc3nncn3-4)CC2)n1.